The van der Waals surface area contributed by atoms with Crippen LogP contribution < -0.4 is 19.1 Å². The van der Waals surface area contributed by atoms with E-state index in [2.05, 4.69) is 32.8 Å². The topological polar surface area (TPSA) is 60.0 Å². The quantitative estimate of drug-likeness (QED) is 0.515. The van der Waals surface area contributed by atoms with E-state index in [1.807, 2.05) is 30.3 Å². The lowest BCUT2D eigenvalue weighted by Crippen LogP contribution is -2.51. The number of nitrogens with zero attached hydrogens (tertiary/aromatic N) is 4. The van der Waals surface area contributed by atoms with Crippen LogP contribution >= 0.6 is 11.6 Å². The summed E-state index contributed by atoms with van der Waals surface area (Å²) in [6.07, 6.45) is 1.54. The molecular formula is C24H27ClN4O3. The Hall–Kier alpha value is -3.03. The molecule has 4 rings (SSSR count). The average molecular weight is 455 g/mol. The third-order valence-electron chi connectivity index (χ3n) is 5.62. The van der Waals surface area contributed by atoms with Crippen molar-refractivity contribution in [2.45, 2.75) is 19.5 Å². The van der Waals surface area contributed by atoms with Gasteiger partial charge in [-0.2, -0.15) is 0 Å². The van der Waals surface area contributed by atoms with Crippen molar-refractivity contribution in [2.75, 3.05) is 38.8 Å². The largest absolute Gasteiger partial charge is 0.497 e. The molecule has 1 fully saturated rings. The van der Waals surface area contributed by atoms with Crippen LogP contribution in [0.15, 0.2) is 54.9 Å². The van der Waals surface area contributed by atoms with Crippen LogP contribution in [0.4, 0.5) is 5.82 Å². The highest BCUT2D eigenvalue weighted by atomic mass is 35.5. The molecule has 0 saturated carbocycles. The van der Waals surface area contributed by atoms with Gasteiger partial charge in [-0.15, -0.1) is 0 Å². The molecule has 7 nitrogen and oxygen atoms in total. The standard InChI is InChI=1S/C24H27ClN4O3/c1-17-14-29(11-10-28(17)15-18-4-7-21(30-2)12-22(18)31-3)23-13-24(27-16-26-23)32-20-8-5-19(25)6-9-20/h4-9,12-13,16-17H,10-11,14-15H2,1-3H3/t17-/m1/s1. The van der Waals surface area contributed by atoms with Gasteiger partial charge in [-0.1, -0.05) is 17.7 Å². The van der Waals surface area contributed by atoms with Crippen LogP contribution in [0.25, 0.3) is 0 Å². The summed E-state index contributed by atoms with van der Waals surface area (Å²) in [5, 5.41) is 0.667. The van der Waals surface area contributed by atoms with Crippen molar-refractivity contribution in [3.63, 3.8) is 0 Å². The first kappa shape index (κ1) is 22.2. The second-order valence-electron chi connectivity index (χ2n) is 7.71. The van der Waals surface area contributed by atoms with Crippen molar-refractivity contribution in [1.82, 2.24) is 14.9 Å². The monoisotopic (exact) mass is 454 g/mol. The molecule has 0 bridgehead atoms. The van der Waals surface area contributed by atoms with E-state index in [9.17, 15) is 0 Å². The Labute approximate surface area is 193 Å². The molecule has 0 unspecified atom stereocenters. The fraction of sp³-hybridized carbons (Fsp3) is 0.333. The first-order valence-electron chi connectivity index (χ1n) is 10.5. The lowest BCUT2D eigenvalue weighted by Gasteiger charge is -2.40. The van der Waals surface area contributed by atoms with Gasteiger partial charge >= 0.3 is 0 Å². The van der Waals surface area contributed by atoms with Crippen molar-refractivity contribution in [2.24, 2.45) is 0 Å². The van der Waals surface area contributed by atoms with Crippen LogP contribution in [0.2, 0.25) is 5.02 Å². The smallest absolute Gasteiger partial charge is 0.224 e. The van der Waals surface area contributed by atoms with Gasteiger partial charge in [0.25, 0.3) is 0 Å². The number of halogens is 1. The molecule has 1 aliphatic rings. The summed E-state index contributed by atoms with van der Waals surface area (Å²) in [5.41, 5.74) is 1.15. The maximum absolute atomic E-state index is 5.94. The van der Waals surface area contributed by atoms with Crippen LogP contribution in [0, 0.1) is 0 Å². The lowest BCUT2D eigenvalue weighted by atomic mass is 10.1. The number of anilines is 1. The van der Waals surface area contributed by atoms with Crippen molar-refractivity contribution in [1.29, 1.82) is 0 Å². The van der Waals surface area contributed by atoms with Crippen LogP contribution in [0.5, 0.6) is 23.1 Å². The molecular weight excluding hydrogens is 428 g/mol. The van der Waals surface area contributed by atoms with Crippen LogP contribution in [0.1, 0.15) is 12.5 Å². The molecule has 1 aliphatic heterocycles. The Kier molecular flexibility index (Phi) is 6.97. The minimum atomic E-state index is 0.339. The van der Waals surface area contributed by atoms with E-state index in [0.29, 0.717) is 22.7 Å². The maximum Gasteiger partial charge on any atom is 0.224 e. The molecule has 0 aliphatic carbocycles. The number of aromatic nitrogens is 2. The summed E-state index contributed by atoms with van der Waals surface area (Å²) in [7, 11) is 3.35. The summed E-state index contributed by atoms with van der Waals surface area (Å²) in [6, 6.07) is 15.4. The maximum atomic E-state index is 5.94. The van der Waals surface area contributed by atoms with Crippen LogP contribution in [-0.4, -0.2) is 54.8 Å². The zero-order valence-electron chi connectivity index (χ0n) is 18.5. The highest BCUT2D eigenvalue weighted by Crippen LogP contribution is 2.28. The number of hydrogen-bond acceptors (Lipinski definition) is 7. The summed E-state index contributed by atoms with van der Waals surface area (Å²) in [5.74, 6) is 3.70. The van der Waals surface area contributed by atoms with Gasteiger partial charge in [0, 0.05) is 54.9 Å². The Bertz CT molecular complexity index is 1050. The fourth-order valence-corrected chi connectivity index (χ4v) is 3.95. The third kappa shape index (κ3) is 5.23. The van der Waals surface area contributed by atoms with Gasteiger partial charge in [-0.3, -0.25) is 4.90 Å². The molecule has 1 saturated heterocycles. The second-order valence-corrected chi connectivity index (χ2v) is 8.15. The van der Waals surface area contributed by atoms with Gasteiger partial charge in [0.2, 0.25) is 5.88 Å². The van der Waals surface area contributed by atoms with E-state index >= 15 is 0 Å². The normalized spacial score (nSPS) is 16.6. The lowest BCUT2D eigenvalue weighted by molar-refractivity contribution is 0.178. The molecule has 8 heteroatoms. The molecule has 1 aromatic heterocycles. The summed E-state index contributed by atoms with van der Waals surface area (Å²) in [4.78, 5) is 13.4. The van der Waals surface area contributed by atoms with Crippen molar-refractivity contribution in [3.8, 4) is 23.1 Å². The van der Waals surface area contributed by atoms with Gasteiger partial charge in [-0.25, -0.2) is 9.97 Å². The predicted molar refractivity (Wildman–Crippen MR) is 125 cm³/mol. The van der Waals surface area contributed by atoms with E-state index in [1.165, 1.54) is 0 Å². The number of benzene rings is 2. The molecule has 1 atom stereocenters. The molecule has 0 N–H and O–H groups in total. The Balaban J connectivity index is 1.41. The summed E-state index contributed by atoms with van der Waals surface area (Å²) < 4.78 is 16.7. The number of methoxy groups -OCH3 is 2. The van der Waals surface area contributed by atoms with E-state index < -0.39 is 0 Å². The molecule has 0 radical (unpaired) electrons. The number of hydrogen-bond donors (Lipinski definition) is 0. The predicted octanol–water partition coefficient (Wildman–Crippen LogP) is 4.65. The van der Waals surface area contributed by atoms with Gasteiger partial charge in [-0.05, 0) is 37.3 Å². The molecule has 32 heavy (non-hydrogen) atoms. The SMILES string of the molecule is COc1ccc(CN2CCN(c3cc(Oc4ccc(Cl)cc4)ncn3)C[C@H]2C)c(OC)c1. The molecule has 2 aromatic carbocycles. The zero-order chi connectivity index (χ0) is 22.5. The number of ether oxygens (including phenoxy) is 3. The molecule has 168 valence electrons. The van der Waals surface area contributed by atoms with Crippen LogP contribution in [0.3, 0.4) is 0 Å². The van der Waals surface area contributed by atoms with Crippen molar-refractivity contribution >= 4 is 17.4 Å². The molecule has 0 spiro atoms. The fourth-order valence-electron chi connectivity index (χ4n) is 3.82. The molecule has 2 heterocycles. The Morgan fingerprint density at radius 3 is 2.47 bits per heavy atom. The molecule has 3 aromatic rings. The minimum Gasteiger partial charge on any atom is -0.497 e. The first-order chi connectivity index (χ1) is 15.6. The van der Waals surface area contributed by atoms with E-state index in [-0.39, 0.29) is 0 Å². The van der Waals surface area contributed by atoms with Crippen molar-refractivity contribution in [3.05, 3.63) is 65.4 Å². The van der Waals surface area contributed by atoms with Gasteiger partial charge in [0.15, 0.2) is 0 Å². The van der Waals surface area contributed by atoms with E-state index in [1.54, 1.807) is 32.7 Å². The number of rotatable bonds is 7. The van der Waals surface area contributed by atoms with E-state index in [0.717, 1.165) is 49.1 Å². The van der Waals surface area contributed by atoms with Gasteiger partial charge in [0.05, 0.1) is 14.2 Å². The summed E-state index contributed by atoms with van der Waals surface area (Å²) >= 11 is 5.94. The highest BCUT2D eigenvalue weighted by molar-refractivity contribution is 6.30. The zero-order valence-corrected chi connectivity index (χ0v) is 19.2. The summed E-state index contributed by atoms with van der Waals surface area (Å²) in [6.45, 7) is 5.68. The van der Waals surface area contributed by atoms with Crippen molar-refractivity contribution < 1.29 is 14.2 Å². The average Bonchev–Trinajstić information content (AvgIpc) is 2.82. The Morgan fingerprint density at radius 2 is 1.75 bits per heavy atom. The first-order valence-corrected chi connectivity index (χ1v) is 10.9. The van der Waals surface area contributed by atoms with Gasteiger partial charge in [0.1, 0.15) is 29.4 Å². The minimum absolute atomic E-state index is 0.339. The highest BCUT2D eigenvalue weighted by Gasteiger charge is 2.25. The third-order valence-corrected chi connectivity index (χ3v) is 5.87. The second kappa shape index (κ2) is 10.1. The van der Waals surface area contributed by atoms with E-state index in [4.69, 9.17) is 25.8 Å². The Morgan fingerprint density at radius 1 is 0.969 bits per heavy atom. The molecule has 0 amide bonds. The van der Waals surface area contributed by atoms with Crippen LogP contribution in [-0.2, 0) is 6.54 Å². The van der Waals surface area contributed by atoms with Gasteiger partial charge < -0.3 is 19.1 Å². The number of piperazine rings is 1.